The maximum atomic E-state index is 9.91. The summed E-state index contributed by atoms with van der Waals surface area (Å²) in [7, 11) is 0. The van der Waals surface area contributed by atoms with E-state index in [0.29, 0.717) is 5.75 Å². The highest BCUT2D eigenvalue weighted by Gasteiger charge is 2.22. The summed E-state index contributed by atoms with van der Waals surface area (Å²) in [4.78, 5) is 0. The van der Waals surface area contributed by atoms with Gasteiger partial charge in [0.25, 0.3) is 0 Å². The highest BCUT2D eigenvalue weighted by atomic mass is 16.3. The molecule has 1 heterocycles. The van der Waals surface area contributed by atoms with E-state index < -0.39 is 0 Å². The van der Waals surface area contributed by atoms with Crippen LogP contribution in [0.5, 0.6) is 5.75 Å². The molecule has 2 aromatic carbocycles. The van der Waals surface area contributed by atoms with Gasteiger partial charge in [-0.15, -0.1) is 0 Å². The molecule has 0 radical (unpaired) electrons. The largest absolute Gasteiger partial charge is 0.508 e. The van der Waals surface area contributed by atoms with Crippen LogP contribution in [0, 0.1) is 5.92 Å². The lowest BCUT2D eigenvalue weighted by molar-refractivity contribution is 0.476. The van der Waals surface area contributed by atoms with E-state index in [-0.39, 0.29) is 0 Å². The molecule has 100 valence electrons. The summed E-state index contributed by atoms with van der Waals surface area (Å²) < 4.78 is 2.02. The van der Waals surface area contributed by atoms with Crippen molar-refractivity contribution in [3.63, 3.8) is 0 Å². The van der Waals surface area contributed by atoms with Crippen molar-refractivity contribution in [2.45, 2.75) is 19.4 Å². The molecule has 4 rings (SSSR count). The first-order valence-electron chi connectivity index (χ1n) is 7.04. The Labute approximate surface area is 117 Å². The van der Waals surface area contributed by atoms with Crippen molar-refractivity contribution in [1.82, 2.24) is 9.78 Å². The standard InChI is InChI=1S/C17H16N2O/c20-15-7-13-3-1-2-4-16(13)17(8-15)14-9-18-19(11-14)10-12-5-6-12/h1-4,7-9,11-12,20H,5-6,10H2. The Morgan fingerprint density at radius 2 is 2.05 bits per heavy atom. The third-order valence-electron chi connectivity index (χ3n) is 3.93. The van der Waals surface area contributed by atoms with Crippen LogP contribution < -0.4 is 0 Å². The number of aromatic nitrogens is 2. The summed E-state index contributed by atoms with van der Waals surface area (Å²) in [5.74, 6) is 1.11. The zero-order valence-corrected chi connectivity index (χ0v) is 11.2. The smallest absolute Gasteiger partial charge is 0.116 e. The molecule has 1 aliphatic rings. The van der Waals surface area contributed by atoms with E-state index in [0.717, 1.165) is 34.4 Å². The number of aromatic hydroxyl groups is 1. The van der Waals surface area contributed by atoms with Crippen molar-refractivity contribution in [1.29, 1.82) is 0 Å². The van der Waals surface area contributed by atoms with Gasteiger partial charge in [0.15, 0.2) is 0 Å². The van der Waals surface area contributed by atoms with Gasteiger partial charge in [-0.05, 0) is 47.2 Å². The molecule has 1 fully saturated rings. The van der Waals surface area contributed by atoms with Crippen molar-refractivity contribution < 1.29 is 5.11 Å². The Hall–Kier alpha value is -2.29. The van der Waals surface area contributed by atoms with Crippen LogP contribution >= 0.6 is 0 Å². The molecule has 0 saturated heterocycles. The van der Waals surface area contributed by atoms with Crippen LogP contribution in [0.4, 0.5) is 0 Å². The van der Waals surface area contributed by atoms with Gasteiger partial charge in [-0.1, -0.05) is 24.3 Å². The van der Waals surface area contributed by atoms with Crippen molar-refractivity contribution in [3.8, 4) is 16.9 Å². The number of phenols is 1. The average Bonchev–Trinajstić information content (AvgIpc) is 3.13. The number of hydrogen-bond donors (Lipinski definition) is 1. The predicted molar refractivity (Wildman–Crippen MR) is 79.6 cm³/mol. The third kappa shape index (κ3) is 2.05. The number of hydrogen-bond acceptors (Lipinski definition) is 2. The van der Waals surface area contributed by atoms with Gasteiger partial charge in [-0.2, -0.15) is 5.10 Å². The van der Waals surface area contributed by atoms with Crippen molar-refractivity contribution in [2.75, 3.05) is 0 Å². The summed E-state index contributed by atoms with van der Waals surface area (Å²) in [5.41, 5.74) is 2.11. The minimum absolute atomic E-state index is 0.300. The number of phenolic OH excluding ortho intramolecular Hbond substituents is 1. The topological polar surface area (TPSA) is 38.1 Å². The van der Waals surface area contributed by atoms with E-state index in [1.54, 1.807) is 6.07 Å². The normalized spacial score (nSPS) is 14.8. The molecular formula is C17H16N2O. The third-order valence-corrected chi connectivity index (χ3v) is 3.93. The Bertz CT molecular complexity index is 772. The van der Waals surface area contributed by atoms with Gasteiger partial charge in [0.1, 0.15) is 5.75 Å². The lowest BCUT2D eigenvalue weighted by Crippen LogP contribution is -1.98. The number of benzene rings is 2. The Kier molecular flexibility index (Phi) is 2.52. The zero-order valence-electron chi connectivity index (χ0n) is 11.2. The highest BCUT2D eigenvalue weighted by molar-refractivity contribution is 5.97. The molecule has 1 saturated carbocycles. The zero-order chi connectivity index (χ0) is 13.5. The average molecular weight is 264 g/mol. The second-order valence-corrected chi connectivity index (χ2v) is 5.61. The Morgan fingerprint density at radius 3 is 2.90 bits per heavy atom. The van der Waals surface area contributed by atoms with Gasteiger partial charge in [-0.3, -0.25) is 4.68 Å². The molecule has 0 spiro atoms. The molecule has 0 amide bonds. The maximum absolute atomic E-state index is 9.91. The minimum Gasteiger partial charge on any atom is -0.508 e. The molecule has 3 nitrogen and oxygen atoms in total. The monoisotopic (exact) mass is 264 g/mol. The van der Waals surface area contributed by atoms with E-state index in [1.807, 2.05) is 35.1 Å². The highest BCUT2D eigenvalue weighted by Crippen LogP contribution is 2.34. The van der Waals surface area contributed by atoms with Crippen molar-refractivity contribution in [2.24, 2.45) is 5.92 Å². The first-order chi connectivity index (χ1) is 9.79. The van der Waals surface area contributed by atoms with Gasteiger partial charge in [0.2, 0.25) is 0 Å². The SMILES string of the molecule is Oc1cc(-c2cnn(CC3CC3)c2)c2ccccc2c1. The Morgan fingerprint density at radius 1 is 1.20 bits per heavy atom. The van der Waals surface area contributed by atoms with Crippen molar-refractivity contribution >= 4 is 10.8 Å². The molecule has 3 heteroatoms. The second kappa shape index (κ2) is 4.37. The van der Waals surface area contributed by atoms with Crippen LogP contribution in [0.25, 0.3) is 21.9 Å². The van der Waals surface area contributed by atoms with Crippen LogP contribution in [0.3, 0.4) is 0 Å². The molecule has 1 aliphatic carbocycles. The summed E-state index contributed by atoms with van der Waals surface area (Å²) in [6.45, 7) is 1.01. The van der Waals surface area contributed by atoms with Gasteiger partial charge in [0, 0.05) is 18.3 Å². The fourth-order valence-electron chi connectivity index (χ4n) is 2.70. The van der Waals surface area contributed by atoms with E-state index >= 15 is 0 Å². The number of nitrogens with zero attached hydrogens (tertiary/aromatic N) is 2. The molecule has 0 bridgehead atoms. The first-order valence-corrected chi connectivity index (χ1v) is 7.04. The van der Waals surface area contributed by atoms with E-state index in [2.05, 4.69) is 17.4 Å². The molecule has 1 N–H and O–H groups in total. The molecule has 20 heavy (non-hydrogen) atoms. The molecular weight excluding hydrogens is 248 g/mol. The molecule has 0 unspecified atom stereocenters. The fraction of sp³-hybridized carbons (Fsp3) is 0.235. The van der Waals surface area contributed by atoms with Gasteiger partial charge in [-0.25, -0.2) is 0 Å². The summed E-state index contributed by atoms with van der Waals surface area (Å²) in [6.07, 6.45) is 6.62. The number of rotatable bonds is 3. The van der Waals surface area contributed by atoms with Crippen molar-refractivity contribution in [3.05, 3.63) is 48.8 Å². The first kappa shape index (κ1) is 11.5. The van der Waals surface area contributed by atoms with Crippen LogP contribution in [0.15, 0.2) is 48.8 Å². The maximum Gasteiger partial charge on any atom is 0.116 e. The van der Waals surface area contributed by atoms with Crippen LogP contribution in [-0.4, -0.2) is 14.9 Å². The van der Waals surface area contributed by atoms with Crippen LogP contribution in [-0.2, 0) is 6.54 Å². The molecule has 0 aliphatic heterocycles. The summed E-state index contributed by atoms with van der Waals surface area (Å²) in [6, 6.07) is 11.7. The quantitative estimate of drug-likeness (QED) is 0.781. The van der Waals surface area contributed by atoms with Gasteiger partial charge < -0.3 is 5.11 Å². The number of fused-ring (bicyclic) bond motifs is 1. The van der Waals surface area contributed by atoms with Gasteiger partial charge in [0.05, 0.1) is 6.20 Å². The second-order valence-electron chi connectivity index (χ2n) is 5.61. The van der Waals surface area contributed by atoms with E-state index in [1.165, 1.54) is 12.8 Å². The van der Waals surface area contributed by atoms with Crippen LogP contribution in [0.2, 0.25) is 0 Å². The van der Waals surface area contributed by atoms with Crippen LogP contribution in [0.1, 0.15) is 12.8 Å². The molecule has 3 aromatic rings. The summed E-state index contributed by atoms with van der Waals surface area (Å²) >= 11 is 0. The Balaban J connectivity index is 1.82. The lowest BCUT2D eigenvalue weighted by atomic mass is 10.0. The minimum atomic E-state index is 0.300. The molecule has 1 aromatic heterocycles. The van der Waals surface area contributed by atoms with E-state index in [4.69, 9.17) is 0 Å². The predicted octanol–water partition coefficient (Wildman–Crippen LogP) is 3.82. The van der Waals surface area contributed by atoms with E-state index in [9.17, 15) is 5.11 Å². The lowest BCUT2D eigenvalue weighted by Gasteiger charge is -2.05. The van der Waals surface area contributed by atoms with Gasteiger partial charge >= 0.3 is 0 Å². The fourth-order valence-corrected chi connectivity index (χ4v) is 2.70. The molecule has 0 atom stereocenters. The summed E-state index contributed by atoms with van der Waals surface area (Å²) in [5, 5.41) is 16.6.